The van der Waals surface area contributed by atoms with Gasteiger partial charge in [-0.2, -0.15) is 5.10 Å². The van der Waals surface area contributed by atoms with E-state index < -0.39 is 0 Å². The highest BCUT2D eigenvalue weighted by molar-refractivity contribution is 7.21. The van der Waals surface area contributed by atoms with E-state index in [2.05, 4.69) is 16.6 Å². The number of nitrogens with zero attached hydrogens (tertiary/aromatic N) is 1. The molecular formula is C15H11ClN2S. The fourth-order valence-electron chi connectivity index (χ4n) is 1.79. The molecule has 2 aromatic carbocycles. The highest BCUT2D eigenvalue weighted by Gasteiger charge is 2.07. The van der Waals surface area contributed by atoms with Crippen LogP contribution >= 0.6 is 22.9 Å². The third-order valence-electron chi connectivity index (χ3n) is 2.71. The number of thiophene rings is 1. The van der Waals surface area contributed by atoms with Gasteiger partial charge in [0.2, 0.25) is 0 Å². The quantitative estimate of drug-likeness (QED) is 0.532. The molecule has 2 nitrogen and oxygen atoms in total. The maximum atomic E-state index is 6.33. The summed E-state index contributed by atoms with van der Waals surface area (Å²) in [6, 6.07) is 17.9. The van der Waals surface area contributed by atoms with Gasteiger partial charge in [-0.3, -0.25) is 5.43 Å². The monoisotopic (exact) mass is 286 g/mol. The van der Waals surface area contributed by atoms with Crippen molar-refractivity contribution in [2.24, 2.45) is 5.10 Å². The minimum Gasteiger partial charge on any atom is -0.278 e. The van der Waals surface area contributed by atoms with Crippen LogP contribution in [0.15, 0.2) is 59.7 Å². The number of hydrazone groups is 1. The first-order valence-corrected chi connectivity index (χ1v) is 7.05. The normalized spacial score (nSPS) is 11.2. The van der Waals surface area contributed by atoms with E-state index in [1.54, 1.807) is 17.6 Å². The molecule has 0 aliphatic carbocycles. The molecule has 94 valence electrons. The van der Waals surface area contributed by atoms with Crippen LogP contribution < -0.4 is 5.43 Å². The zero-order valence-corrected chi connectivity index (χ0v) is 11.6. The van der Waals surface area contributed by atoms with Crippen molar-refractivity contribution >= 4 is 44.9 Å². The highest BCUT2D eigenvalue weighted by atomic mass is 35.5. The average Bonchev–Trinajstić information content (AvgIpc) is 2.78. The van der Waals surface area contributed by atoms with Crippen molar-refractivity contribution in [1.82, 2.24) is 0 Å². The summed E-state index contributed by atoms with van der Waals surface area (Å²) in [6.45, 7) is 0. The van der Waals surface area contributed by atoms with Gasteiger partial charge in [0.15, 0.2) is 0 Å². The van der Waals surface area contributed by atoms with Crippen LogP contribution in [0, 0.1) is 0 Å². The molecule has 1 aromatic heterocycles. The van der Waals surface area contributed by atoms with Crippen LogP contribution in [-0.2, 0) is 0 Å². The molecule has 0 saturated heterocycles. The molecule has 0 amide bonds. The summed E-state index contributed by atoms with van der Waals surface area (Å²) in [4.78, 5) is 0.964. The molecule has 4 heteroatoms. The van der Waals surface area contributed by atoms with Crippen molar-refractivity contribution in [1.29, 1.82) is 0 Å². The van der Waals surface area contributed by atoms with Crippen LogP contribution in [0.2, 0.25) is 5.02 Å². The number of rotatable bonds is 3. The minimum atomic E-state index is 0.763. The van der Waals surface area contributed by atoms with Crippen LogP contribution in [0.25, 0.3) is 10.1 Å². The SMILES string of the molecule is Clc1c(/C=N\Nc2ccccc2)sc2ccccc12. The van der Waals surface area contributed by atoms with Crippen molar-refractivity contribution in [3.05, 3.63) is 64.5 Å². The molecule has 0 bridgehead atoms. The van der Waals surface area contributed by atoms with E-state index in [0.717, 1.165) is 21.0 Å². The van der Waals surface area contributed by atoms with Crippen molar-refractivity contribution in [2.45, 2.75) is 0 Å². The summed E-state index contributed by atoms with van der Waals surface area (Å²) < 4.78 is 1.17. The molecule has 0 unspecified atom stereocenters. The zero-order valence-electron chi connectivity index (χ0n) is 10.0. The van der Waals surface area contributed by atoms with Gasteiger partial charge in [-0.05, 0) is 18.2 Å². The molecule has 0 spiro atoms. The molecular weight excluding hydrogens is 276 g/mol. The number of benzene rings is 2. The van der Waals surface area contributed by atoms with Crippen LogP contribution in [0.5, 0.6) is 0 Å². The van der Waals surface area contributed by atoms with Crippen molar-refractivity contribution < 1.29 is 0 Å². The number of hydrogen-bond donors (Lipinski definition) is 1. The first kappa shape index (κ1) is 12.2. The molecule has 0 aliphatic heterocycles. The molecule has 0 fully saturated rings. The predicted octanol–water partition coefficient (Wildman–Crippen LogP) is 5.00. The Morgan fingerprint density at radius 1 is 1.00 bits per heavy atom. The first-order valence-electron chi connectivity index (χ1n) is 5.86. The average molecular weight is 287 g/mol. The van der Waals surface area contributed by atoms with E-state index in [-0.39, 0.29) is 0 Å². The van der Waals surface area contributed by atoms with Crippen molar-refractivity contribution in [3.8, 4) is 0 Å². The van der Waals surface area contributed by atoms with Gasteiger partial charge in [0.05, 0.1) is 21.8 Å². The predicted molar refractivity (Wildman–Crippen MR) is 84.5 cm³/mol. The molecule has 1 N–H and O–H groups in total. The smallest absolute Gasteiger partial charge is 0.0681 e. The summed E-state index contributed by atoms with van der Waals surface area (Å²) in [5, 5.41) is 6.06. The van der Waals surface area contributed by atoms with Crippen molar-refractivity contribution in [3.63, 3.8) is 0 Å². The van der Waals surface area contributed by atoms with Gasteiger partial charge in [0.25, 0.3) is 0 Å². The van der Waals surface area contributed by atoms with E-state index in [9.17, 15) is 0 Å². The molecule has 3 rings (SSSR count). The molecule has 0 aliphatic rings. The molecule has 1 heterocycles. The maximum Gasteiger partial charge on any atom is 0.0681 e. The van der Waals surface area contributed by atoms with Crippen LogP contribution in [0.1, 0.15) is 4.88 Å². The van der Waals surface area contributed by atoms with Gasteiger partial charge >= 0.3 is 0 Å². The molecule has 19 heavy (non-hydrogen) atoms. The Bertz CT molecular complexity index is 719. The van der Waals surface area contributed by atoms with Crippen LogP contribution in [0.3, 0.4) is 0 Å². The summed E-state index contributed by atoms with van der Waals surface area (Å²) in [5.41, 5.74) is 3.94. The Morgan fingerprint density at radius 2 is 1.74 bits per heavy atom. The minimum absolute atomic E-state index is 0.763. The van der Waals surface area contributed by atoms with Gasteiger partial charge in [-0.15, -0.1) is 11.3 Å². The second-order valence-corrected chi connectivity index (χ2v) is 5.47. The van der Waals surface area contributed by atoms with Gasteiger partial charge in [0, 0.05) is 10.1 Å². The van der Waals surface area contributed by atoms with E-state index >= 15 is 0 Å². The Balaban J connectivity index is 1.83. The van der Waals surface area contributed by atoms with Crippen molar-refractivity contribution in [2.75, 3.05) is 5.43 Å². The third kappa shape index (κ3) is 2.62. The Morgan fingerprint density at radius 3 is 2.53 bits per heavy atom. The van der Waals surface area contributed by atoms with E-state index in [1.807, 2.05) is 48.5 Å². The zero-order chi connectivity index (χ0) is 13.1. The number of anilines is 1. The number of nitrogens with one attached hydrogen (secondary N) is 1. The second-order valence-electron chi connectivity index (χ2n) is 4.01. The van der Waals surface area contributed by atoms with Gasteiger partial charge in [-0.1, -0.05) is 48.0 Å². The van der Waals surface area contributed by atoms with Gasteiger partial charge < -0.3 is 0 Å². The Hall–Kier alpha value is -1.84. The number of para-hydroxylation sites is 1. The topological polar surface area (TPSA) is 24.4 Å². The molecule has 0 radical (unpaired) electrons. The first-order chi connectivity index (χ1) is 9.34. The fraction of sp³-hybridized carbons (Fsp3) is 0. The lowest BCUT2D eigenvalue weighted by Gasteiger charge is -1.97. The molecule has 3 aromatic rings. The number of fused-ring (bicyclic) bond motifs is 1. The largest absolute Gasteiger partial charge is 0.278 e. The number of halogens is 1. The summed E-state index contributed by atoms with van der Waals surface area (Å²) in [6.07, 6.45) is 1.76. The Labute approximate surface area is 120 Å². The summed E-state index contributed by atoms with van der Waals surface area (Å²) >= 11 is 7.97. The standard InChI is InChI=1S/C15H11ClN2S/c16-15-12-8-4-5-9-13(12)19-14(15)10-17-18-11-6-2-1-3-7-11/h1-10,18H/b17-10-. The maximum absolute atomic E-state index is 6.33. The summed E-state index contributed by atoms with van der Waals surface area (Å²) in [7, 11) is 0. The van der Waals surface area contributed by atoms with E-state index in [4.69, 9.17) is 11.6 Å². The fourth-order valence-corrected chi connectivity index (χ4v) is 3.15. The van der Waals surface area contributed by atoms with E-state index in [1.165, 1.54) is 4.70 Å². The second kappa shape index (κ2) is 5.43. The lowest BCUT2D eigenvalue weighted by Crippen LogP contribution is -1.88. The van der Waals surface area contributed by atoms with Gasteiger partial charge in [-0.25, -0.2) is 0 Å². The lowest BCUT2D eigenvalue weighted by atomic mass is 10.2. The molecule has 0 saturated carbocycles. The number of hydrogen-bond acceptors (Lipinski definition) is 3. The summed E-state index contributed by atoms with van der Waals surface area (Å²) in [5.74, 6) is 0. The third-order valence-corrected chi connectivity index (χ3v) is 4.33. The van der Waals surface area contributed by atoms with Crippen LogP contribution in [0.4, 0.5) is 5.69 Å². The van der Waals surface area contributed by atoms with E-state index in [0.29, 0.717) is 0 Å². The van der Waals surface area contributed by atoms with Crippen LogP contribution in [-0.4, -0.2) is 6.21 Å². The Kier molecular flexibility index (Phi) is 3.49. The lowest BCUT2D eigenvalue weighted by molar-refractivity contribution is 1.35. The molecule has 0 atom stereocenters. The highest BCUT2D eigenvalue weighted by Crippen LogP contribution is 2.33. The van der Waals surface area contributed by atoms with Gasteiger partial charge in [0.1, 0.15) is 0 Å².